The number of fused-ring (bicyclic) bond motifs is 1. The van der Waals surface area contributed by atoms with Crippen LogP contribution in [0.1, 0.15) is 0 Å². The van der Waals surface area contributed by atoms with E-state index >= 15 is 0 Å². The zero-order valence-corrected chi connectivity index (χ0v) is 10.2. The molecule has 10 heteroatoms. The van der Waals surface area contributed by atoms with E-state index in [1.807, 2.05) is 0 Å². The lowest BCUT2D eigenvalue weighted by atomic mass is 10.5. The van der Waals surface area contributed by atoms with Crippen LogP contribution in [0.4, 0.5) is 0 Å². The van der Waals surface area contributed by atoms with Crippen LogP contribution in [0.15, 0.2) is 12.7 Å². The van der Waals surface area contributed by atoms with Crippen LogP contribution in [0.5, 0.6) is 0 Å². The summed E-state index contributed by atoms with van der Waals surface area (Å²) >= 11 is 0. The van der Waals surface area contributed by atoms with E-state index in [1.165, 1.54) is 12.7 Å². The van der Waals surface area contributed by atoms with Gasteiger partial charge in [0.1, 0.15) is 11.9 Å². The maximum atomic E-state index is 10.6. The lowest BCUT2D eigenvalue weighted by Crippen LogP contribution is -2.15. The first-order chi connectivity index (χ1) is 8.47. The summed E-state index contributed by atoms with van der Waals surface area (Å²) in [5, 5.41) is 7.54. The summed E-state index contributed by atoms with van der Waals surface area (Å²) in [6.45, 7) is 0.464. The fourth-order valence-corrected chi connectivity index (χ4v) is 1.80. The van der Waals surface area contributed by atoms with E-state index < -0.39 is 13.9 Å². The second-order valence-corrected chi connectivity index (χ2v) is 5.18. The summed E-state index contributed by atoms with van der Waals surface area (Å²) in [5.41, 5.74) is 1.15. The van der Waals surface area contributed by atoms with Crippen LogP contribution in [0.2, 0.25) is 0 Å². The maximum Gasteiger partial charge on any atom is 0.350 e. The predicted octanol–water partition coefficient (Wildman–Crippen LogP) is -0.609. The fraction of sp³-hybridized carbons (Fsp3) is 0.375. The Hall–Kier alpha value is -1.54. The Bertz CT molecular complexity index is 644. The van der Waals surface area contributed by atoms with Crippen LogP contribution in [0, 0.1) is 5.41 Å². The van der Waals surface area contributed by atoms with Crippen LogP contribution in [-0.4, -0.2) is 42.3 Å². The van der Waals surface area contributed by atoms with Crippen LogP contribution in [0.25, 0.3) is 11.2 Å². The van der Waals surface area contributed by atoms with Gasteiger partial charge in [0.15, 0.2) is 11.1 Å². The average Bonchev–Trinajstić information content (AvgIpc) is 2.75. The molecule has 0 unspecified atom stereocenters. The molecule has 0 amide bonds. The predicted molar refractivity (Wildman–Crippen MR) is 60.6 cm³/mol. The van der Waals surface area contributed by atoms with Gasteiger partial charge in [-0.3, -0.25) is 9.97 Å². The number of ether oxygens (including phenoxy) is 1. The van der Waals surface area contributed by atoms with Crippen molar-refractivity contribution in [3.8, 4) is 0 Å². The summed E-state index contributed by atoms with van der Waals surface area (Å²) in [5.74, 6) is 0. The van der Waals surface area contributed by atoms with Crippen molar-refractivity contribution in [1.29, 1.82) is 5.41 Å². The van der Waals surface area contributed by atoms with Crippen LogP contribution in [-0.2, 0) is 15.8 Å². The first-order valence-electron chi connectivity index (χ1n) is 5.03. The van der Waals surface area contributed by atoms with Gasteiger partial charge in [-0.25, -0.2) is 9.97 Å². The number of aromatic nitrogens is 4. The molecular weight excluding hydrogens is 261 g/mol. The van der Waals surface area contributed by atoms with Gasteiger partial charge in [-0.15, -0.1) is 0 Å². The summed E-state index contributed by atoms with van der Waals surface area (Å²) in [6.07, 6.45) is 2.28. The van der Waals surface area contributed by atoms with Gasteiger partial charge in [0.2, 0.25) is 0 Å². The molecule has 0 aliphatic rings. The molecule has 0 bridgehead atoms. The highest BCUT2D eigenvalue weighted by Crippen LogP contribution is 2.33. The molecule has 0 aliphatic heterocycles. The number of H-pyrrole nitrogens is 1. The molecule has 4 N–H and O–H groups in total. The Morgan fingerprint density at radius 1 is 1.50 bits per heavy atom. The monoisotopic (exact) mass is 273 g/mol. The third kappa shape index (κ3) is 3.02. The van der Waals surface area contributed by atoms with Gasteiger partial charge in [-0.1, -0.05) is 0 Å². The summed E-state index contributed by atoms with van der Waals surface area (Å²) in [7, 11) is -4.13. The van der Waals surface area contributed by atoms with Gasteiger partial charge >= 0.3 is 7.60 Å². The molecule has 0 saturated heterocycles. The molecule has 0 saturated carbocycles. The molecular formula is C8H12N5O4P. The summed E-state index contributed by atoms with van der Waals surface area (Å²) < 4.78 is 17.1. The molecule has 0 atom stereocenters. The van der Waals surface area contributed by atoms with Crippen molar-refractivity contribution in [1.82, 2.24) is 19.5 Å². The zero-order valence-electron chi connectivity index (χ0n) is 9.28. The molecule has 2 aromatic heterocycles. The quantitative estimate of drug-likeness (QED) is 0.423. The van der Waals surface area contributed by atoms with Crippen molar-refractivity contribution in [3.05, 3.63) is 18.1 Å². The highest BCUT2D eigenvalue weighted by atomic mass is 31.2. The van der Waals surface area contributed by atoms with E-state index in [-0.39, 0.29) is 12.1 Å². The van der Waals surface area contributed by atoms with E-state index in [9.17, 15) is 4.57 Å². The molecule has 0 radical (unpaired) electrons. The van der Waals surface area contributed by atoms with Gasteiger partial charge in [-0.05, 0) is 0 Å². The second kappa shape index (κ2) is 4.99. The smallest absolute Gasteiger partial charge is 0.350 e. The first kappa shape index (κ1) is 12.9. The third-order valence-electron chi connectivity index (χ3n) is 2.19. The molecule has 98 valence electrons. The van der Waals surface area contributed by atoms with Gasteiger partial charge < -0.3 is 24.1 Å². The number of hydrogen-bond acceptors (Lipinski definition) is 5. The number of hydrogen-bond donors (Lipinski definition) is 4. The molecule has 9 nitrogen and oxygen atoms in total. The van der Waals surface area contributed by atoms with Crippen molar-refractivity contribution in [3.63, 3.8) is 0 Å². The standard InChI is InChI=1S/C8H12N5O4P/c9-7-6-8(11-3-10-6)13(4-12-7)1-2-17-5-18(14,15)16/h3-4,9H,1-2,5H2,(H,10,11)(H2,14,15,16). The van der Waals surface area contributed by atoms with E-state index in [1.54, 1.807) is 4.57 Å². The SMILES string of the molecule is N=c1ncn(CCOCP(=O)(O)O)c2nc[nH]c12. The largest absolute Gasteiger partial charge is 0.367 e. The lowest BCUT2D eigenvalue weighted by molar-refractivity contribution is 0.149. The van der Waals surface area contributed by atoms with Crippen LogP contribution >= 0.6 is 7.60 Å². The molecule has 2 heterocycles. The normalized spacial score (nSPS) is 12.1. The Balaban J connectivity index is 2.04. The van der Waals surface area contributed by atoms with Crippen LogP contribution in [0.3, 0.4) is 0 Å². The number of nitrogens with zero attached hydrogens (tertiary/aromatic N) is 3. The van der Waals surface area contributed by atoms with Gasteiger partial charge in [-0.2, -0.15) is 0 Å². The van der Waals surface area contributed by atoms with Crippen molar-refractivity contribution >= 4 is 18.8 Å². The van der Waals surface area contributed by atoms with Crippen molar-refractivity contribution in [2.75, 3.05) is 13.0 Å². The highest BCUT2D eigenvalue weighted by molar-refractivity contribution is 7.51. The maximum absolute atomic E-state index is 10.6. The molecule has 18 heavy (non-hydrogen) atoms. The molecule has 0 aliphatic carbocycles. The minimum atomic E-state index is -4.13. The van der Waals surface area contributed by atoms with Gasteiger partial charge in [0.05, 0.1) is 19.3 Å². The minimum absolute atomic E-state index is 0.0925. The molecule has 0 fully saturated rings. The highest BCUT2D eigenvalue weighted by Gasteiger charge is 2.12. The number of nitrogens with one attached hydrogen (secondary N) is 2. The molecule has 2 aromatic rings. The second-order valence-electron chi connectivity index (χ2n) is 3.59. The topological polar surface area (TPSA) is 137 Å². The van der Waals surface area contributed by atoms with E-state index in [0.29, 0.717) is 17.7 Å². The summed E-state index contributed by atoms with van der Waals surface area (Å²) in [4.78, 5) is 27.9. The Morgan fingerprint density at radius 2 is 2.28 bits per heavy atom. The Labute approximate surface area is 101 Å². The lowest BCUT2D eigenvalue weighted by Gasteiger charge is -2.08. The summed E-state index contributed by atoms with van der Waals surface area (Å²) in [6, 6.07) is 0. The van der Waals surface area contributed by atoms with E-state index in [4.69, 9.17) is 19.9 Å². The van der Waals surface area contributed by atoms with E-state index in [2.05, 4.69) is 15.0 Å². The third-order valence-corrected chi connectivity index (χ3v) is 2.71. The fourth-order valence-electron chi connectivity index (χ4n) is 1.44. The number of aromatic amines is 1. The molecule has 0 spiro atoms. The average molecular weight is 273 g/mol. The number of imidazole rings is 1. The Kier molecular flexibility index (Phi) is 3.58. The number of rotatable bonds is 5. The van der Waals surface area contributed by atoms with Crippen molar-refractivity contribution in [2.45, 2.75) is 6.54 Å². The van der Waals surface area contributed by atoms with Gasteiger partial charge in [0, 0.05) is 6.54 Å². The van der Waals surface area contributed by atoms with Crippen molar-refractivity contribution in [2.24, 2.45) is 0 Å². The minimum Gasteiger partial charge on any atom is -0.367 e. The zero-order chi connectivity index (χ0) is 13.2. The Morgan fingerprint density at radius 3 is 3.00 bits per heavy atom. The van der Waals surface area contributed by atoms with Gasteiger partial charge in [0.25, 0.3) is 0 Å². The molecule has 2 rings (SSSR count). The van der Waals surface area contributed by atoms with Crippen LogP contribution < -0.4 is 5.49 Å². The van der Waals surface area contributed by atoms with E-state index in [0.717, 1.165) is 0 Å². The first-order valence-corrected chi connectivity index (χ1v) is 6.82. The van der Waals surface area contributed by atoms with Crippen molar-refractivity contribution < 1.29 is 19.1 Å². The molecule has 0 aromatic carbocycles.